The summed E-state index contributed by atoms with van der Waals surface area (Å²) in [5.74, 6) is 0.527. The zero-order valence-corrected chi connectivity index (χ0v) is 20.1. The fourth-order valence-corrected chi connectivity index (χ4v) is 5.19. The predicted octanol–water partition coefficient (Wildman–Crippen LogP) is 3.02. The Hall–Kier alpha value is -3.43. The van der Waals surface area contributed by atoms with E-state index in [9.17, 15) is 13.2 Å². The molecular weight excluding hydrogens is 452 g/mol. The quantitative estimate of drug-likeness (QED) is 0.474. The van der Waals surface area contributed by atoms with Gasteiger partial charge in [0.1, 0.15) is 5.75 Å². The third kappa shape index (κ3) is 3.91. The summed E-state index contributed by atoms with van der Waals surface area (Å²) in [6.07, 6.45) is 7.81. The van der Waals surface area contributed by atoms with Crippen LogP contribution in [-0.4, -0.2) is 49.2 Å². The molecule has 1 saturated heterocycles. The maximum Gasteiger partial charge on any atom is 0.258 e. The van der Waals surface area contributed by atoms with Crippen LogP contribution in [0.4, 0.5) is 0 Å². The van der Waals surface area contributed by atoms with Gasteiger partial charge in [0, 0.05) is 54.3 Å². The van der Waals surface area contributed by atoms with E-state index in [1.165, 1.54) is 16.9 Å². The normalized spacial score (nSPS) is 16.3. The summed E-state index contributed by atoms with van der Waals surface area (Å²) in [5.41, 5.74) is 3.08. The van der Waals surface area contributed by atoms with E-state index in [1.54, 1.807) is 32.5 Å². The van der Waals surface area contributed by atoms with Crippen molar-refractivity contribution in [2.24, 2.45) is 7.05 Å². The molecule has 0 unspecified atom stereocenters. The minimum Gasteiger partial charge on any atom is -0.496 e. The Labute approximate surface area is 197 Å². The Morgan fingerprint density at radius 2 is 1.88 bits per heavy atom. The molecule has 1 fully saturated rings. The molecule has 1 aliphatic heterocycles. The average molecular weight is 479 g/mol. The highest BCUT2D eigenvalue weighted by Crippen LogP contribution is 2.37. The van der Waals surface area contributed by atoms with Crippen molar-refractivity contribution in [1.82, 2.24) is 19.7 Å². The van der Waals surface area contributed by atoms with E-state index in [0.29, 0.717) is 28.3 Å². The minimum absolute atomic E-state index is 0.128. The third-order valence-electron chi connectivity index (χ3n) is 6.42. The number of sulfone groups is 1. The lowest BCUT2D eigenvalue weighted by Gasteiger charge is -2.15. The summed E-state index contributed by atoms with van der Waals surface area (Å²) in [7, 11) is -0.198. The van der Waals surface area contributed by atoms with E-state index in [1.807, 2.05) is 35.3 Å². The smallest absolute Gasteiger partial charge is 0.258 e. The van der Waals surface area contributed by atoms with Crippen LogP contribution in [0.15, 0.2) is 64.7 Å². The summed E-state index contributed by atoms with van der Waals surface area (Å²) in [4.78, 5) is 13.1. The zero-order valence-electron chi connectivity index (χ0n) is 19.3. The van der Waals surface area contributed by atoms with E-state index in [-0.39, 0.29) is 10.5 Å². The lowest BCUT2D eigenvalue weighted by atomic mass is 9.97. The van der Waals surface area contributed by atoms with Crippen molar-refractivity contribution < 1.29 is 13.2 Å². The lowest BCUT2D eigenvalue weighted by molar-refractivity contribution is 0.416. The topological polar surface area (TPSA) is 95.2 Å². The van der Waals surface area contributed by atoms with Crippen LogP contribution in [0.3, 0.4) is 0 Å². The first-order valence-corrected chi connectivity index (χ1v) is 12.9. The van der Waals surface area contributed by atoms with Gasteiger partial charge in [-0.1, -0.05) is 6.07 Å². The van der Waals surface area contributed by atoms with E-state index in [0.717, 1.165) is 36.0 Å². The Morgan fingerprint density at radius 1 is 1.06 bits per heavy atom. The molecule has 1 N–H and O–H groups in total. The molecule has 2 aromatic heterocycles. The van der Waals surface area contributed by atoms with Crippen molar-refractivity contribution in [1.29, 1.82) is 0 Å². The Kier molecular flexibility index (Phi) is 5.53. The maximum absolute atomic E-state index is 12.9. The number of nitrogens with one attached hydrogen (secondary N) is 1. The second-order valence-electron chi connectivity index (χ2n) is 8.71. The molecule has 176 valence electrons. The van der Waals surface area contributed by atoms with Gasteiger partial charge in [0.05, 0.1) is 24.2 Å². The van der Waals surface area contributed by atoms with Crippen LogP contribution in [0.5, 0.6) is 5.75 Å². The van der Waals surface area contributed by atoms with E-state index < -0.39 is 9.84 Å². The molecule has 0 saturated carbocycles. The molecule has 9 heteroatoms. The Morgan fingerprint density at radius 3 is 2.59 bits per heavy atom. The van der Waals surface area contributed by atoms with Gasteiger partial charge in [-0.05, 0) is 54.2 Å². The van der Waals surface area contributed by atoms with Gasteiger partial charge in [-0.15, -0.1) is 0 Å². The van der Waals surface area contributed by atoms with Crippen LogP contribution in [0.25, 0.3) is 33.0 Å². The summed E-state index contributed by atoms with van der Waals surface area (Å²) < 4.78 is 33.5. The molecule has 3 heterocycles. The molecule has 1 atom stereocenters. The number of ether oxygens (including phenoxy) is 1. The number of methoxy groups -OCH3 is 1. The van der Waals surface area contributed by atoms with Gasteiger partial charge < -0.3 is 14.6 Å². The summed E-state index contributed by atoms with van der Waals surface area (Å²) in [6.45, 7) is 1.88. The van der Waals surface area contributed by atoms with Crippen molar-refractivity contribution in [2.45, 2.75) is 17.4 Å². The van der Waals surface area contributed by atoms with Crippen LogP contribution in [-0.2, 0) is 16.9 Å². The molecule has 34 heavy (non-hydrogen) atoms. The summed E-state index contributed by atoms with van der Waals surface area (Å²) >= 11 is 0. The van der Waals surface area contributed by atoms with E-state index in [4.69, 9.17) is 4.74 Å². The number of pyridine rings is 1. The van der Waals surface area contributed by atoms with Gasteiger partial charge in [0.2, 0.25) is 0 Å². The minimum atomic E-state index is -3.43. The first-order valence-electron chi connectivity index (χ1n) is 11.0. The van der Waals surface area contributed by atoms with Crippen molar-refractivity contribution in [3.63, 3.8) is 0 Å². The Bertz CT molecular complexity index is 1560. The number of aryl methyl sites for hydroxylation is 1. The molecule has 0 spiro atoms. The second kappa shape index (κ2) is 8.41. The third-order valence-corrected chi connectivity index (χ3v) is 7.53. The van der Waals surface area contributed by atoms with E-state index in [2.05, 4.69) is 10.4 Å². The monoisotopic (exact) mass is 478 g/mol. The first kappa shape index (κ1) is 22.4. The van der Waals surface area contributed by atoms with Gasteiger partial charge >= 0.3 is 0 Å². The number of hydrogen-bond donors (Lipinski definition) is 1. The predicted molar refractivity (Wildman–Crippen MR) is 132 cm³/mol. The highest BCUT2D eigenvalue weighted by Gasteiger charge is 2.19. The van der Waals surface area contributed by atoms with Crippen LogP contribution >= 0.6 is 0 Å². The largest absolute Gasteiger partial charge is 0.496 e. The van der Waals surface area contributed by atoms with Crippen LogP contribution in [0.1, 0.15) is 12.5 Å². The number of benzene rings is 2. The highest BCUT2D eigenvalue weighted by atomic mass is 32.2. The molecule has 1 aliphatic rings. The van der Waals surface area contributed by atoms with E-state index >= 15 is 0 Å². The van der Waals surface area contributed by atoms with Gasteiger partial charge in [0.15, 0.2) is 9.84 Å². The maximum atomic E-state index is 12.9. The van der Waals surface area contributed by atoms with Crippen LogP contribution in [0, 0.1) is 0 Å². The summed E-state index contributed by atoms with van der Waals surface area (Å²) in [5, 5.41) is 9.18. The standard InChI is InChI=1S/C25H26N4O4S/c1-28-15-23(22-11-19(34(3,31)32)5-7-24(22)33-2)21-10-16(4-6-20(21)25(28)30)17-12-27-29(14-17)18-8-9-26-13-18/h4-7,10-12,14-15,18,26H,8-9,13H2,1-3H3/t18-/m0/s1. The van der Waals surface area contributed by atoms with Crippen molar-refractivity contribution in [3.8, 4) is 28.0 Å². The number of fused-ring (bicyclic) bond motifs is 1. The van der Waals surface area contributed by atoms with Crippen molar-refractivity contribution >= 4 is 20.6 Å². The van der Waals surface area contributed by atoms with Gasteiger partial charge in [-0.25, -0.2) is 8.42 Å². The van der Waals surface area contributed by atoms with Crippen LogP contribution in [0.2, 0.25) is 0 Å². The molecule has 4 aromatic rings. The molecule has 0 radical (unpaired) electrons. The highest BCUT2D eigenvalue weighted by molar-refractivity contribution is 7.90. The van der Waals surface area contributed by atoms with Crippen molar-refractivity contribution in [3.05, 3.63) is 65.3 Å². The molecule has 0 bridgehead atoms. The van der Waals surface area contributed by atoms with Crippen LogP contribution < -0.4 is 15.6 Å². The number of nitrogens with zero attached hydrogens (tertiary/aromatic N) is 3. The number of hydrogen-bond acceptors (Lipinski definition) is 6. The lowest BCUT2D eigenvalue weighted by Crippen LogP contribution is -2.16. The average Bonchev–Trinajstić information content (AvgIpc) is 3.52. The number of aromatic nitrogens is 3. The summed E-state index contributed by atoms with van der Waals surface area (Å²) in [6, 6.07) is 10.8. The number of rotatable bonds is 5. The van der Waals surface area contributed by atoms with Gasteiger partial charge in [-0.3, -0.25) is 9.48 Å². The molecule has 5 rings (SSSR count). The molecule has 8 nitrogen and oxygen atoms in total. The van der Waals surface area contributed by atoms with Gasteiger partial charge in [-0.2, -0.15) is 5.10 Å². The van der Waals surface area contributed by atoms with Gasteiger partial charge in [0.25, 0.3) is 5.56 Å². The molecule has 0 amide bonds. The Balaban J connectivity index is 1.72. The fraction of sp³-hybridized carbons (Fsp3) is 0.280. The molecule has 0 aliphatic carbocycles. The zero-order chi connectivity index (χ0) is 24.0. The molecular formula is C25H26N4O4S. The molecule has 2 aromatic carbocycles. The first-order chi connectivity index (χ1) is 16.3. The fourth-order valence-electron chi connectivity index (χ4n) is 4.54. The second-order valence-corrected chi connectivity index (χ2v) is 10.7. The SMILES string of the molecule is COc1ccc(S(C)(=O)=O)cc1-c1cn(C)c(=O)c2ccc(-c3cnn([C@H]4CCNC4)c3)cc12. The van der Waals surface area contributed by atoms with Crippen molar-refractivity contribution in [2.75, 3.05) is 26.5 Å².